The second-order valence-electron chi connectivity index (χ2n) is 6.29. The summed E-state index contributed by atoms with van der Waals surface area (Å²) in [5.74, 6) is -0.275. The molecule has 2 saturated heterocycles. The number of benzene rings is 1. The molecule has 5 nitrogen and oxygen atoms in total. The molecule has 5 heteroatoms. The van der Waals surface area contributed by atoms with Crippen molar-refractivity contribution in [2.24, 2.45) is 0 Å². The smallest absolute Gasteiger partial charge is 0.229 e. The van der Waals surface area contributed by atoms with Crippen LogP contribution in [-0.2, 0) is 14.4 Å². The molecule has 2 aliphatic rings. The summed E-state index contributed by atoms with van der Waals surface area (Å²) in [6, 6.07) is 8.28. The fourth-order valence-electron chi connectivity index (χ4n) is 3.57. The summed E-state index contributed by atoms with van der Waals surface area (Å²) < 4.78 is 0. The minimum absolute atomic E-state index is 0.0308. The highest BCUT2D eigenvalue weighted by Gasteiger charge is 2.33. The van der Waals surface area contributed by atoms with E-state index in [1.807, 2.05) is 17.0 Å². The first-order valence-corrected chi connectivity index (χ1v) is 8.26. The molecular formula is C18H22N2O3. The molecule has 0 radical (unpaired) electrons. The van der Waals surface area contributed by atoms with E-state index in [-0.39, 0.29) is 49.6 Å². The molecule has 2 fully saturated rings. The molecule has 23 heavy (non-hydrogen) atoms. The standard InChI is InChI=1S/C18H22N2O3/c1-13-5-2-3-6-14(13)15-7-4-11-19(15)18(23)10-12-20-16(21)8-9-17(20)22/h2-3,5-6,15H,4,7-12H2,1H3. The second kappa shape index (κ2) is 6.52. The molecule has 3 amide bonds. The number of carbonyl (C=O) groups is 3. The molecule has 0 bridgehead atoms. The van der Waals surface area contributed by atoms with Crippen LogP contribution >= 0.6 is 0 Å². The Hall–Kier alpha value is -2.17. The van der Waals surface area contributed by atoms with Gasteiger partial charge in [-0.1, -0.05) is 24.3 Å². The van der Waals surface area contributed by atoms with Crippen LogP contribution < -0.4 is 0 Å². The zero-order valence-electron chi connectivity index (χ0n) is 13.5. The Bertz CT molecular complexity index is 625. The number of aryl methyl sites for hydroxylation is 1. The molecule has 0 N–H and O–H groups in total. The maximum Gasteiger partial charge on any atom is 0.229 e. The normalized spacial score (nSPS) is 21.3. The Morgan fingerprint density at radius 1 is 1.17 bits per heavy atom. The van der Waals surface area contributed by atoms with E-state index in [0.717, 1.165) is 19.4 Å². The van der Waals surface area contributed by atoms with E-state index < -0.39 is 0 Å². The van der Waals surface area contributed by atoms with Gasteiger partial charge in [-0.2, -0.15) is 0 Å². The van der Waals surface area contributed by atoms with Crippen LogP contribution in [0.15, 0.2) is 24.3 Å². The van der Waals surface area contributed by atoms with E-state index in [1.54, 1.807) is 0 Å². The van der Waals surface area contributed by atoms with Crippen molar-refractivity contribution >= 4 is 17.7 Å². The Balaban J connectivity index is 1.66. The van der Waals surface area contributed by atoms with E-state index in [0.29, 0.717) is 0 Å². The Kier molecular flexibility index (Phi) is 4.46. The van der Waals surface area contributed by atoms with Gasteiger partial charge < -0.3 is 4.90 Å². The molecule has 1 aromatic carbocycles. The van der Waals surface area contributed by atoms with Gasteiger partial charge in [0, 0.05) is 32.4 Å². The van der Waals surface area contributed by atoms with Gasteiger partial charge in [-0.05, 0) is 30.9 Å². The molecule has 2 aliphatic heterocycles. The summed E-state index contributed by atoms with van der Waals surface area (Å²) in [6.07, 6.45) is 2.75. The summed E-state index contributed by atoms with van der Waals surface area (Å²) in [5.41, 5.74) is 2.40. The largest absolute Gasteiger partial charge is 0.336 e. The Morgan fingerprint density at radius 3 is 2.57 bits per heavy atom. The Morgan fingerprint density at radius 2 is 1.87 bits per heavy atom. The van der Waals surface area contributed by atoms with Crippen LogP contribution in [0.2, 0.25) is 0 Å². The SMILES string of the molecule is Cc1ccccc1C1CCCN1C(=O)CCN1C(=O)CCC1=O. The lowest BCUT2D eigenvalue weighted by molar-refractivity contribution is -0.139. The van der Waals surface area contributed by atoms with Crippen LogP contribution in [-0.4, -0.2) is 40.6 Å². The molecule has 0 saturated carbocycles. The first-order valence-electron chi connectivity index (χ1n) is 8.26. The van der Waals surface area contributed by atoms with E-state index in [2.05, 4.69) is 19.1 Å². The predicted molar refractivity (Wildman–Crippen MR) is 85.4 cm³/mol. The minimum Gasteiger partial charge on any atom is -0.336 e. The zero-order chi connectivity index (χ0) is 16.4. The van der Waals surface area contributed by atoms with Crippen LogP contribution in [0, 0.1) is 6.92 Å². The molecule has 1 aromatic rings. The molecule has 0 spiro atoms. The molecule has 0 aromatic heterocycles. The summed E-state index contributed by atoms with van der Waals surface area (Å²) in [5, 5.41) is 0. The highest BCUT2D eigenvalue weighted by atomic mass is 16.2. The van der Waals surface area contributed by atoms with Crippen LogP contribution in [0.4, 0.5) is 0 Å². The number of carbonyl (C=O) groups excluding carboxylic acids is 3. The molecule has 0 aliphatic carbocycles. The van der Waals surface area contributed by atoms with Gasteiger partial charge in [0.2, 0.25) is 17.7 Å². The Labute approximate surface area is 136 Å². The minimum atomic E-state index is -0.153. The molecule has 2 heterocycles. The number of hydrogen-bond donors (Lipinski definition) is 0. The third-order valence-electron chi connectivity index (χ3n) is 4.82. The van der Waals surface area contributed by atoms with Gasteiger partial charge in [0.1, 0.15) is 0 Å². The quantitative estimate of drug-likeness (QED) is 0.801. The maximum atomic E-state index is 12.6. The number of hydrogen-bond acceptors (Lipinski definition) is 3. The van der Waals surface area contributed by atoms with E-state index in [1.165, 1.54) is 16.0 Å². The highest BCUT2D eigenvalue weighted by Crippen LogP contribution is 2.34. The van der Waals surface area contributed by atoms with Crippen LogP contribution in [0.3, 0.4) is 0 Å². The number of imide groups is 1. The predicted octanol–water partition coefficient (Wildman–Crippen LogP) is 2.20. The molecule has 3 rings (SSSR count). The average molecular weight is 314 g/mol. The zero-order valence-corrected chi connectivity index (χ0v) is 13.5. The average Bonchev–Trinajstić information content (AvgIpc) is 3.13. The lowest BCUT2D eigenvalue weighted by atomic mass is 9.99. The van der Waals surface area contributed by atoms with Crippen LogP contribution in [0.5, 0.6) is 0 Å². The fourth-order valence-corrected chi connectivity index (χ4v) is 3.57. The molecule has 1 atom stereocenters. The fraction of sp³-hybridized carbons (Fsp3) is 0.500. The highest BCUT2D eigenvalue weighted by molar-refractivity contribution is 6.02. The van der Waals surface area contributed by atoms with Gasteiger partial charge in [0.15, 0.2) is 0 Å². The van der Waals surface area contributed by atoms with Crippen molar-refractivity contribution in [3.63, 3.8) is 0 Å². The van der Waals surface area contributed by atoms with Crippen molar-refractivity contribution in [2.45, 2.75) is 45.1 Å². The molecular weight excluding hydrogens is 292 g/mol. The first kappa shape index (κ1) is 15.7. The van der Waals surface area contributed by atoms with Crippen molar-refractivity contribution in [1.82, 2.24) is 9.80 Å². The van der Waals surface area contributed by atoms with E-state index in [9.17, 15) is 14.4 Å². The van der Waals surface area contributed by atoms with Gasteiger partial charge in [0.25, 0.3) is 0 Å². The van der Waals surface area contributed by atoms with Gasteiger partial charge in [-0.25, -0.2) is 0 Å². The summed E-state index contributed by atoms with van der Waals surface area (Å²) in [4.78, 5) is 39.0. The number of likely N-dealkylation sites (tertiary alicyclic amines) is 2. The van der Waals surface area contributed by atoms with Crippen molar-refractivity contribution in [2.75, 3.05) is 13.1 Å². The third kappa shape index (κ3) is 3.14. The maximum absolute atomic E-state index is 12.6. The molecule has 1 unspecified atom stereocenters. The number of amides is 3. The van der Waals surface area contributed by atoms with Crippen molar-refractivity contribution < 1.29 is 14.4 Å². The first-order chi connectivity index (χ1) is 11.1. The lowest BCUT2D eigenvalue weighted by Gasteiger charge is -2.27. The van der Waals surface area contributed by atoms with Gasteiger partial charge in [-0.3, -0.25) is 19.3 Å². The number of rotatable bonds is 4. The van der Waals surface area contributed by atoms with Crippen LogP contribution in [0.25, 0.3) is 0 Å². The number of nitrogens with zero attached hydrogens (tertiary/aromatic N) is 2. The van der Waals surface area contributed by atoms with Gasteiger partial charge >= 0.3 is 0 Å². The lowest BCUT2D eigenvalue weighted by Crippen LogP contribution is -2.36. The topological polar surface area (TPSA) is 57.7 Å². The van der Waals surface area contributed by atoms with Gasteiger partial charge in [0.05, 0.1) is 6.04 Å². The van der Waals surface area contributed by atoms with Crippen molar-refractivity contribution in [3.05, 3.63) is 35.4 Å². The van der Waals surface area contributed by atoms with Crippen molar-refractivity contribution in [3.8, 4) is 0 Å². The van der Waals surface area contributed by atoms with Crippen LogP contribution in [0.1, 0.15) is 49.3 Å². The summed E-state index contributed by atoms with van der Waals surface area (Å²) >= 11 is 0. The van der Waals surface area contributed by atoms with Gasteiger partial charge in [-0.15, -0.1) is 0 Å². The van der Waals surface area contributed by atoms with Crippen molar-refractivity contribution in [1.29, 1.82) is 0 Å². The summed E-state index contributed by atoms with van der Waals surface area (Å²) in [6.45, 7) is 3.03. The van der Waals surface area contributed by atoms with E-state index >= 15 is 0 Å². The monoisotopic (exact) mass is 314 g/mol. The second-order valence-corrected chi connectivity index (χ2v) is 6.29. The third-order valence-corrected chi connectivity index (χ3v) is 4.82. The van der Waals surface area contributed by atoms with E-state index in [4.69, 9.17) is 0 Å². The molecule has 122 valence electrons. The summed E-state index contributed by atoms with van der Waals surface area (Å²) in [7, 11) is 0.